The van der Waals surface area contributed by atoms with Crippen LogP contribution in [0.15, 0.2) is 23.3 Å². The van der Waals surface area contributed by atoms with Crippen LogP contribution in [0.2, 0.25) is 0 Å². The van der Waals surface area contributed by atoms with Crippen molar-refractivity contribution in [3.05, 3.63) is 23.3 Å². The average molecular weight is 108 g/mol. The van der Waals surface area contributed by atoms with Gasteiger partial charge in [0.1, 0.15) is 0 Å². The predicted molar refractivity (Wildman–Crippen MR) is 36.7 cm³/mol. The highest BCUT2D eigenvalue weighted by molar-refractivity contribution is 5.31. The van der Waals surface area contributed by atoms with E-state index in [1.807, 2.05) is 0 Å². The Bertz CT molecular complexity index is 138. The molecule has 0 saturated carbocycles. The van der Waals surface area contributed by atoms with Gasteiger partial charge in [0, 0.05) is 0 Å². The summed E-state index contributed by atoms with van der Waals surface area (Å²) in [6, 6.07) is 0. The van der Waals surface area contributed by atoms with E-state index >= 15 is 0 Å². The van der Waals surface area contributed by atoms with Crippen molar-refractivity contribution in [1.29, 1.82) is 0 Å². The van der Waals surface area contributed by atoms with E-state index in [2.05, 4.69) is 26.0 Å². The summed E-state index contributed by atoms with van der Waals surface area (Å²) in [5, 5.41) is 0. The average Bonchev–Trinajstić information content (AvgIpc) is 2.14. The predicted octanol–water partition coefficient (Wildman–Crippen LogP) is 2.67. The van der Waals surface area contributed by atoms with Crippen molar-refractivity contribution >= 4 is 0 Å². The Morgan fingerprint density at radius 3 is 2.62 bits per heavy atom. The highest BCUT2D eigenvalue weighted by Gasteiger charge is 1.99. The van der Waals surface area contributed by atoms with E-state index in [4.69, 9.17) is 0 Å². The fourth-order valence-electron chi connectivity index (χ4n) is 1.07. The first-order chi connectivity index (χ1) is 3.84. The Hall–Kier alpha value is -0.520. The minimum absolute atomic E-state index is 1.18. The SMILES string of the molecule is CCC1=C(C)CC=C1. The van der Waals surface area contributed by atoms with Gasteiger partial charge in [-0.05, 0) is 25.3 Å². The molecule has 0 fully saturated rings. The van der Waals surface area contributed by atoms with E-state index < -0.39 is 0 Å². The van der Waals surface area contributed by atoms with Crippen LogP contribution in [0.1, 0.15) is 26.7 Å². The molecule has 0 saturated heterocycles. The molecule has 1 rings (SSSR count). The number of allylic oxidation sites excluding steroid dienone is 4. The van der Waals surface area contributed by atoms with Gasteiger partial charge in [0.25, 0.3) is 0 Å². The van der Waals surface area contributed by atoms with E-state index in [1.165, 1.54) is 18.4 Å². The van der Waals surface area contributed by atoms with Crippen molar-refractivity contribution in [2.45, 2.75) is 26.7 Å². The molecule has 44 valence electrons. The van der Waals surface area contributed by atoms with Crippen molar-refractivity contribution in [3.63, 3.8) is 0 Å². The quantitative estimate of drug-likeness (QED) is 0.484. The van der Waals surface area contributed by atoms with Crippen molar-refractivity contribution in [2.75, 3.05) is 0 Å². The lowest BCUT2D eigenvalue weighted by atomic mass is 10.1. The molecule has 0 spiro atoms. The van der Waals surface area contributed by atoms with Gasteiger partial charge in [-0.3, -0.25) is 0 Å². The van der Waals surface area contributed by atoms with Gasteiger partial charge in [-0.2, -0.15) is 0 Å². The summed E-state index contributed by atoms with van der Waals surface area (Å²) < 4.78 is 0. The largest absolute Gasteiger partial charge is 0.0802 e. The first kappa shape index (κ1) is 5.61. The van der Waals surface area contributed by atoms with E-state index in [0.29, 0.717) is 0 Å². The number of rotatable bonds is 1. The van der Waals surface area contributed by atoms with Crippen LogP contribution in [-0.2, 0) is 0 Å². The van der Waals surface area contributed by atoms with Gasteiger partial charge in [-0.1, -0.05) is 24.6 Å². The molecule has 0 aliphatic heterocycles. The van der Waals surface area contributed by atoms with Crippen molar-refractivity contribution in [1.82, 2.24) is 0 Å². The maximum atomic E-state index is 2.23. The molecular weight excluding hydrogens is 96.1 g/mol. The molecule has 0 heterocycles. The van der Waals surface area contributed by atoms with E-state index in [-0.39, 0.29) is 0 Å². The zero-order valence-electron chi connectivity index (χ0n) is 5.57. The van der Waals surface area contributed by atoms with Crippen LogP contribution in [0, 0.1) is 0 Å². The molecule has 8 heavy (non-hydrogen) atoms. The molecule has 0 aromatic carbocycles. The van der Waals surface area contributed by atoms with Crippen LogP contribution in [-0.4, -0.2) is 0 Å². The topological polar surface area (TPSA) is 0 Å². The second kappa shape index (κ2) is 2.17. The monoisotopic (exact) mass is 108 g/mol. The van der Waals surface area contributed by atoms with Gasteiger partial charge in [-0.25, -0.2) is 0 Å². The Balaban J connectivity index is 2.70. The first-order valence-electron chi connectivity index (χ1n) is 3.19. The summed E-state index contributed by atoms with van der Waals surface area (Å²) in [6.45, 7) is 4.41. The van der Waals surface area contributed by atoms with Gasteiger partial charge in [-0.15, -0.1) is 0 Å². The normalized spacial score (nSPS) is 18.2. The fourth-order valence-corrected chi connectivity index (χ4v) is 1.07. The van der Waals surface area contributed by atoms with Crippen molar-refractivity contribution < 1.29 is 0 Å². The molecule has 0 N–H and O–H groups in total. The Kier molecular flexibility index (Phi) is 1.52. The first-order valence-corrected chi connectivity index (χ1v) is 3.19. The summed E-state index contributed by atoms with van der Waals surface area (Å²) >= 11 is 0. The van der Waals surface area contributed by atoms with Crippen LogP contribution < -0.4 is 0 Å². The standard InChI is InChI=1S/C8H12/c1-3-8-6-4-5-7(8)2/h4,6H,3,5H2,1-2H3. The van der Waals surface area contributed by atoms with Gasteiger partial charge < -0.3 is 0 Å². The summed E-state index contributed by atoms with van der Waals surface area (Å²) in [4.78, 5) is 0. The van der Waals surface area contributed by atoms with Crippen LogP contribution in [0.5, 0.6) is 0 Å². The summed E-state index contributed by atoms with van der Waals surface area (Å²) in [5.41, 5.74) is 3.08. The minimum atomic E-state index is 1.18. The molecule has 0 amide bonds. The molecule has 0 aromatic heterocycles. The second-order valence-corrected chi connectivity index (χ2v) is 2.27. The molecular formula is C8H12. The lowest BCUT2D eigenvalue weighted by molar-refractivity contribution is 1.10. The number of hydrogen-bond acceptors (Lipinski definition) is 0. The van der Waals surface area contributed by atoms with Gasteiger partial charge in [0.05, 0.1) is 0 Å². The van der Waals surface area contributed by atoms with Crippen LogP contribution in [0.4, 0.5) is 0 Å². The fraction of sp³-hybridized carbons (Fsp3) is 0.500. The maximum Gasteiger partial charge on any atom is -0.0133 e. The van der Waals surface area contributed by atoms with Gasteiger partial charge >= 0.3 is 0 Å². The lowest BCUT2D eigenvalue weighted by Crippen LogP contribution is -1.73. The Labute approximate surface area is 50.9 Å². The second-order valence-electron chi connectivity index (χ2n) is 2.27. The summed E-state index contributed by atoms with van der Waals surface area (Å²) in [5.74, 6) is 0. The smallest absolute Gasteiger partial charge is 0.0133 e. The van der Waals surface area contributed by atoms with Crippen molar-refractivity contribution in [2.24, 2.45) is 0 Å². The molecule has 0 atom stereocenters. The van der Waals surface area contributed by atoms with Crippen LogP contribution >= 0.6 is 0 Å². The summed E-state index contributed by atoms with van der Waals surface area (Å²) in [6.07, 6.45) is 6.84. The third-order valence-corrected chi connectivity index (χ3v) is 1.67. The molecule has 0 nitrogen and oxygen atoms in total. The molecule has 0 bridgehead atoms. The zero-order valence-corrected chi connectivity index (χ0v) is 5.57. The van der Waals surface area contributed by atoms with Crippen LogP contribution in [0.25, 0.3) is 0 Å². The third-order valence-electron chi connectivity index (χ3n) is 1.67. The molecule has 0 radical (unpaired) electrons. The highest BCUT2D eigenvalue weighted by Crippen LogP contribution is 2.19. The van der Waals surface area contributed by atoms with E-state index in [1.54, 1.807) is 5.57 Å². The Morgan fingerprint density at radius 1 is 1.62 bits per heavy atom. The van der Waals surface area contributed by atoms with Gasteiger partial charge in [0.2, 0.25) is 0 Å². The summed E-state index contributed by atoms with van der Waals surface area (Å²) in [7, 11) is 0. The van der Waals surface area contributed by atoms with E-state index in [9.17, 15) is 0 Å². The van der Waals surface area contributed by atoms with Crippen molar-refractivity contribution in [3.8, 4) is 0 Å². The van der Waals surface area contributed by atoms with E-state index in [0.717, 1.165) is 0 Å². The minimum Gasteiger partial charge on any atom is -0.0802 e. The molecule has 0 unspecified atom stereocenters. The zero-order chi connectivity index (χ0) is 5.98. The molecule has 1 aliphatic rings. The highest BCUT2D eigenvalue weighted by atomic mass is 14.1. The third kappa shape index (κ3) is 0.835. The molecule has 0 heteroatoms. The molecule has 0 aromatic rings. The van der Waals surface area contributed by atoms with Gasteiger partial charge in [0.15, 0.2) is 0 Å². The molecule has 1 aliphatic carbocycles. The Morgan fingerprint density at radius 2 is 2.38 bits per heavy atom. The maximum absolute atomic E-state index is 2.23. The number of hydrogen-bond donors (Lipinski definition) is 0. The van der Waals surface area contributed by atoms with Crippen LogP contribution in [0.3, 0.4) is 0 Å². The lowest BCUT2D eigenvalue weighted by Gasteiger charge is -1.93.